The molecule has 3 fully saturated rings. The van der Waals surface area contributed by atoms with E-state index in [1.807, 2.05) is 0 Å². The van der Waals surface area contributed by atoms with Crippen molar-refractivity contribution in [2.45, 2.75) is 44.9 Å². The minimum absolute atomic E-state index is 0.113. The third kappa shape index (κ3) is 3.90. The van der Waals surface area contributed by atoms with Crippen molar-refractivity contribution in [1.29, 1.82) is 0 Å². The van der Waals surface area contributed by atoms with Crippen molar-refractivity contribution >= 4 is 19.5 Å². The van der Waals surface area contributed by atoms with E-state index in [9.17, 15) is 23.9 Å². The Bertz CT molecular complexity index is 595. The lowest BCUT2D eigenvalue weighted by atomic mass is 9.76. The molecule has 0 bridgehead atoms. The van der Waals surface area contributed by atoms with Crippen LogP contribution in [0.4, 0.5) is 4.79 Å². The monoisotopic (exact) mass is 376 g/mol. The predicted octanol–water partition coefficient (Wildman–Crippen LogP) is 0.401. The Kier molecular flexibility index (Phi) is 4.98. The molecular weight excluding hydrogens is 351 g/mol. The highest BCUT2D eigenvalue weighted by molar-refractivity contribution is 7.51. The Morgan fingerprint density at radius 3 is 2.08 bits per heavy atom. The fourth-order valence-corrected chi connectivity index (χ4v) is 5.15. The smallest absolute Gasteiger partial charge is 0.327 e. The van der Waals surface area contributed by atoms with Gasteiger partial charge in [0, 0.05) is 5.41 Å². The molecule has 3 aliphatic heterocycles. The molecule has 3 aliphatic rings. The second-order valence-electron chi connectivity index (χ2n) is 7.09. The molecule has 10 heteroatoms. The van der Waals surface area contributed by atoms with Gasteiger partial charge in [-0.2, -0.15) is 0 Å². The van der Waals surface area contributed by atoms with E-state index < -0.39 is 37.2 Å². The fraction of sp³-hybridized carbons (Fsp3) is 0.867. The number of rotatable bonds is 9. The van der Waals surface area contributed by atoms with Crippen LogP contribution in [0.1, 0.15) is 26.7 Å². The van der Waals surface area contributed by atoms with Gasteiger partial charge in [0.25, 0.3) is 5.91 Å². The molecule has 0 radical (unpaired) electrons. The van der Waals surface area contributed by atoms with Crippen LogP contribution >= 0.6 is 7.60 Å². The van der Waals surface area contributed by atoms with Crippen LogP contribution in [0.3, 0.4) is 0 Å². The molecule has 0 aromatic carbocycles. The largest absolute Gasteiger partial charge is 0.371 e. The van der Waals surface area contributed by atoms with Crippen LogP contribution < -0.4 is 0 Å². The minimum atomic E-state index is -4.36. The van der Waals surface area contributed by atoms with Crippen LogP contribution in [0.15, 0.2) is 0 Å². The second kappa shape index (κ2) is 6.63. The summed E-state index contributed by atoms with van der Waals surface area (Å²) in [6.07, 6.45) is 0.0947. The Balaban J connectivity index is 1.93. The van der Waals surface area contributed by atoms with Crippen molar-refractivity contribution in [3.63, 3.8) is 0 Å². The predicted molar refractivity (Wildman–Crippen MR) is 87.0 cm³/mol. The molecule has 0 aliphatic carbocycles. The van der Waals surface area contributed by atoms with Crippen molar-refractivity contribution < 1.29 is 33.4 Å². The summed E-state index contributed by atoms with van der Waals surface area (Å²) in [7, 11) is -4.36. The first-order valence-electron chi connectivity index (χ1n) is 8.60. The number of carbonyl (C=O) groups is 2. The van der Waals surface area contributed by atoms with Gasteiger partial charge in [-0.1, -0.05) is 13.8 Å². The van der Waals surface area contributed by atoms with Gasteiger partial charge in [-0.25, -0.2) is 4.79 Å². The van der Waals surface area contributed by atoms with Crippen LogP contribution in [0.2, 0.25) is 0 Å². The van der Waals surface area contributed by atoms with Crippen molar-refractivity contribution in [2.75, 3.05) is 32.5 Å². The van der Waals surface area contributed by atoms with E-state index in [4.69, 9.17) is 9.47 Å². The second-order valence-corrected chi connectivity index (χ2v) is 8.73. The molecule has 0 aromatic rings. The lowest BCUT2D eigenvalue weighted by Crippen LogP contribution is -2.51. The van der Waals surface area contributed by atoms with Crippen LogP contribution in [-0.2, 0) is 18.8 Å². The van der Waals surface area contributed by atoms with E-state index >= 15 is 0 Å². The molecule has 0 saturated carbocycles. The number of nitrogens with zero attached hydrogens (tertiary/aromatic N) is 2. The first-order chi connectivity index (χ1) is 11.7. The molecule has 3 rings (SSSR count). The quantitative estimate of drug-likeness (QED) is 0.339. The highest BCUT2D eigenvalue weighted by atomic mass is 31.2. The number of hydrogen-bond donors (Lipinski definition) is 2. The van der Waals surface area contributed by atoms with Gasteiger partial charge >= 0.3 is 13.6 Å². The van der Waals surface area contributed by atoms with Crippen molar-refractivity contribution in [3.05, 3.63) is 0 Å². The van der Waals surface area contributed by atoms with Gasteiger partial charge in [-0.3, -0.25) is 14.3 Å². The zero-order chi connectivity index (χ0) is 18.4. The van der Waals surface area contributed by atoms with Crippen molar-refractivity contribution in [2.24, 2.45) is 5.41 Å². The highest BCUT2D eigenvalue weighted by Gasteiger charge is 2.57. The van der Waals surface area contributed by atoms with E-state index in [1.165, 1.54) is 9.80 Å². The maximum absolute atomic E-state index is 13.1. The number of carbonyl (C=O) groups excluding carboxylic acids is 2. The maximum atomic E-state index is 13.1. The molecule has 0 spiro atoms. The molecule has 0 aromatic heterocycles. The number of urea groups is 1. The third-order valence-electron chi connectivity index (χ3n) is 5.39. The summed E-state index contributed by atoms with van der Waals surface area (Å²) in [6.45, 7) is 5.10. The number of imide groups is 1. The summed E-state index contributed by atoms with van der Waals surface area (Å²) in [6, 6.07) is -1.30. The standard InChI is InChI=1S/C15H25N2O7P/c1-3-15(4-2,9-25(20,21)22)12-13(18)17(6-11-8-24-11)14(19)16(12)5-10-7-23-10/h10-12H,3-9H2,1-2H3,(H2,20,21,22). The van der Waals surface area contributed by atoms with Gasteiger partial charge in [-0.05, 0) is 12.8 Å². The Labute approximate surface area is 146 Å². The SMILES string of the molecule is CCC(CC)(CP(=O)(O)O)C1C(=O)N(CC2CO2)C(=O)N1CC1CO1. The molecule has 3 amide bonds. The normalized spacial score (nSPS) is 29.5. The Morgan fingerprint density at radius 1 is 1.12 bits per heavy atom. The van der Waals surface area contributed by atoms with E-state index in [0.717, 1.165) is 0 Å². The summed E-state index contributed by atoms with van der Waals surface area (Å²) >= 11 is 0. The Morgan fingerprint density at radius 2 is 1.64 bits per heavy atom. The highest BCUT2D eigenvalue weighted by Crippen LogP contribution is 2.50. The molecule has 9 nitrogen and oxygen atoms in total. The van der Waals surface area contributed by atoms with Crippen molar-refractivity contribution in [1.82, 2.24) is 9.80 Å². The molecule has 3 unspecified atom stereocenters. The van der Waals surface area contributed by atoms with Gasteiger partial charge in [0.15, 0.2) is 0 Å². The van der Waals surface area contributed by atoms with E-state index in [1.54, 1.807) is 13.8 Å². The minimum Gasteiger partial charge on any atom is -0.371 e. The van der Waals surface area contributed by atoms with E-state index in [0.29, 0.717) is 26.1 Å². The number of epoxide rings is 2. The summed E-state index contributed by atoms with van der Waals surface area (Å²) in [5, 5.41) is 0. The van der Waals surface area contributed by atoms with E-state index in [2.05, 4.69) is 0 Å². The van der Waals surface area contributed by atoms with Crippen molar-refractivity contribution in [3.8, 4) is 0 Å². The number of ether oxygens (including phenoxy) is 2. The zero-order valence-corrected chi connectivity index (χ0v) is 15.4. The van der Waals surface area contributed by atoms with Gasteiger partial charge in [0.05, 0.1) is 44.7 Å². The summed E-state index contributed by atoms with van der Waals surface area (Å²) in [4.78, 5) is 47.6. The molecule has 142 valence electrons. The maximum Gasteiger partial charge on any atom is 0.327 e. The molecular formula is C15H25N2O7P. The van der Waals surface area contributed by atoms with Crippen LogP contribution in [0.5, 0.6) is 0 Å². The molecule has 2 N–H and O–H groups in total. The van der Waals surface area contributed by atoms with Crippen LogP contribution in [-0.4, -0.2) is 82.2 Å². The lowest BCUT2D eigenvalue weighted by molar-refractivity contribution is -0.132. The third-order valence-corrected chi connectivity index (χ3v) is 6.43. The van der Waals surface area contributed by atoms with Gasteiger partial charge in [0.2, 0.25) is 0 Å². The van der Waals surface area contributed by atoms with Crippen LogP contribution in [0.25, 0.3) is 0 Å². The van der Waals surface area contributed by atoms with Gasteiger partial charge < -0.3 is 24.2 Å². The Hall–Kier alpha value is -0.990. The number of amides is 3. The topological polar surface area (TPSA) is 123 Å². The zero-order valence-electron chi connectivity index (χ0n) is 14.5. The molecule has 25 heavy (non-hydrogen) atoms. The lowest BCUT2D eigenvalue weighted by Gasteiger charge is -2.40. The first-order valence-corrected chi connectivity index (χ1v) is 10.4. The molecule has 3 heterocycles. The summed E-state index contributed by atoms with van der Waals surface area (Å²) in [5.41, 5.74) is -0.972. The fourth-order valence-electron chi connectivity index (χ4n) is 3.71. The average molecular weight is 376 g/mol. The molecule has 3 atom stereocenters. The van der Waals surface area contributed by atoms with E-state index in [-0.39, 0.29) is 25.3 Å². The van der Waals surface area contributed by atoms with Gasteiger partial charge in [0.1, 0.15) is 6.04 Å². The average Bonchev–Trinajstić information content (AvgIpc) is 3.42. The summed E-state index contributed by atoms with van der Waals surface area (Å²) in [5.74, 6) is -0.390. The van der Waals surface area contributed by atoms with Crippen LogP contribution in [0, 0.1) is 5.41 Å². The summed E-state index contributed by atoms with van der Waals surface area (Å²) < 4.78 is 22.1. The number of hydrogen-bond acceptors (Lipinski definition) is 5. The van der Waals surface area contributed by atoms with Gasteiger partial charge in [-0.15, -0.1) is 0 Å². The first kappa shape index (κ1) is 18.8. The molecule has 3 saturated heterocycles.